The van der Waals surface area contributed by atoms with E-state index in [-0.39, 0.29) is 11.7 Å². The number of ether oxygens (including phenoxy) is 1. The highest BCUT2D eigenvalue weighted by Gasteiger charge is 2.21. The summed E-state index contributed by atoms with van der Waals surface area (Å²) in [6.07, 6.45) is 2.10. The third-order valence-corrected chi connectivity index (χ3v) is 4.00. The van der Waals surface area contributed by atoms with E-state index in [0.717, 1.165) is 25.9 Å². The minimum absolute atomic E-state index is 0.139. The predicted octanol–water partition coefficient (Wildman–Crippen LogP) is 3.34. The minimum Gasteiger partial charge on any atom is -0.381 e. The van der Waals surface area contributed by atoms with Gasteiger partial charge in [0, 0.05) is 32.3 Å². The Morgan fingerprint density at radius 2 is 2.00 bits per heavy atom. The number of benzene rings is 1. The van der Waals surface area contributed by atoms with Gasteiger partial charge in [-0.05, 0) is 40.9 Å². The summed E-state index contributed by atoms with van der Waals surface area (Å²) in [5.74, 6) is -0.978. The van der Waals surface area contributed by atoms with Gasteiger partial charge in [0.1, 0.15) is 11.6 Å². The standard InChI is InChI=1S/C13H16BrF2NO/c1-18-9-4-6-17(7-5-9)8-10-12(15)3-2-11(14)13(10)16/h2-3,9H,4-8H2,1H3. The Balaban J connectivity index is 2.04. The van der Waals surface area contributed by atoms with Crippen molar-refractivity contribution < 1.29 is 13.5 Å². The van der Waals surface area contributed by atoms with Crippen molar-refractivity contribution in [3.63, 3.8) is 0 Å². The van der Waals surface area contributed by atoms with Crippen LogP contribution >= 0.6 is 15.9 Å². The number of halogens is 3. The first-order valence-corrected chi connectivity index (χ1v) is 6.78. The van der Waals surface area contributed by atoms with Gasteiger partial charge < -0.3 is 4.74 Å². The molecule has 0 aliphatic carbocycles. The van der Waals surface area contributed by atoms with Gasteiger partial charge in [0.25, 0.3) is 0 Å². The Morgan fingerprint density at radius 3 is 2.61 bits per heavy atom. The van der Waals surface area contributed by atoms with Crippen LogP contribution in [0.15, 0.2) is 16.6 Å². The molecule has 0 radical (unpaired) electrons. The molecule has 0 spiro atoms. The highest BCUT2D eigenvalue weighted by atomic mass is 79.9. The lowest BCUT2D eigenvalue weighted by Gasteiger charge is -2.31. The number of likely N-dealkylation sites (tertiary alicyclic amines) is 1. The summed E-state index contributed by atoms with van der Waals surface area (Å²) in [4.78, 5) is 2.06. The van der Waals surface area contributed by atoms with Crippen molar-refractivity contribution >= 4 is 15.9 Å². The van der Waals surface area contributed by atoms with E-state index < -0.39 is 11.6 Å². The molecule has 0 unspecified atom stereocenters. The van der Waals surface area contributed by atoms with Gasteiger partial charge in [0.2, 0.25) is 0 Å². The van der Waals surface area contributed by atoms with Crippen LogP contribution in [-0.4, -0.2) is 31.2 Å². The second-order valence-corrected chi connectivity index (χ2v) is 5.39. The van der Waals surface area contributed by atoms with Crippen LogP contribution in [0.5, 0.6) is 0 Å². The number of methoxy groups -OCH3 is 1. The molecule has 2 rings (SSSR count). The molecule has 1 aliphatic heterocycles. The van der Waals surface area contributed by atoms with Gasteiger partial charge in [-0.2, -0.15) is 0 Å². The molecule has 2 nitrogen and oxygen atoms in total. The normalized spacial score (nSPS) is 18.2. The Labute approximate surface area is 114 Å². The lowest BCUT2D eigenvalue weighted by Crippen LogP contribution is -2.36. The fourth-order valence-corrected chi connectivity index (χ4v) is 2.61. The van der Waals surface area contributed by atoms with Gasteiger partial charge >= 0.3 is 0 Å². The fraction of sp³-hybridized carbons (Fsp3) is 0.538. The average Bonchev–Trinajstić information content (AvgIpc) is 2.40. The topological polar surface area (TPSA) is 12.5 Å². The lowest BCUT2D eigenvalue weighted by molar-refractivity contribution is 0.0383. The highest BCUT2D eigenvalue weighted by molar-refractivity contribution is 9.10. The van der Waals surface area contributed by atoms with Crippen LogP contribution in [0.1, 0.15) is 18.4 Å². The molecule has 1 saturated heterocycles. The summed E-state index contributed by atoms with van der Waals surface area (Å²) in [6.45, 7) is 1.93. The van der Waals surface area contributed by atoms with Gasteiger partial charge in [-0.25, -0.2) is 8.78 Å². The molecule has 0 atom stereocenters. The number of rotatable bonds is 3. The molecule has 0 amide bonds. The molecular weight excluding hydrogens is 304 g/mol. The summed E-state index contributed by atoms with van der Waals surface area (Å²) in [7, 11) is 1.70. The van der Waals surface area contributed by atoms with Crippen molar-refractivity contribution in [2.24, 2.45) is 0 Å². The van der Waals surface area contributed by atoms with Crippen LogP contribution in [0.4, 0.5) is 8.78 Å². The SMILES string of the molecule is COC1CCN(Cc2c(F)ccc(Br)c2F)CC1. The molecule has 0 saturated carbocycles. The van der Waals surface area contributed by atoms with E-state index >= 15 is 0 Å². The zero-order valence-corrected chi connectivity index (χ0v) is 11.8. The van der Waals surface area contributed by atoms with Crippen LogP contribution in [0.3, 0.4) is 0 Å². The number of hydrogen-bond donors (Lipinski definition) is 0. The van der Waals surface area contributed by atoms with Crippen molar-refractivity contribution in [3.8, 4) is 0 Å². The Morgan fingerprint density at radius 1 is 1.33 bits per heavy atom. The molecule has 5 heteroatoms. The molecule has 1 heterocycles. The molecule has 0 bridgehead atoms. The van der Waals surface area contributed by atoms with E-state index in [9.17, 15) is 8.78 Å². The Bertz CT molecular complexity index is 420. The molecule has 0 aromatic heterocycles. The molecule has 100 valence electrons. The number of piperidine rings is 1. The summed E-state index contributed by atoms with van der Waals surface area (Å²) in [5, 5.41) is 0. The van der Waals surface area contributed by atoms with Crippen LogP contribution in [-0.2, 0) is 11.3 Å². The fourth-order valence-electron chi connectivity index (χ4n) is 2.24. The second kappa shape index (κ2) is 6.08. The zero-order valence-electron chi connectivity index (χ0n) is 10.3. The van der Waals surface area contributed by atoms with E-state index in [0.29, 0.717) is 11.0 Å². The second-order valence-electron chi connectivity index (χ2n) is 4.53. The van der Waals surface area contributed by atoms with Crippen molar-refractivity contribution in [1.29, 1.82) is 0 Å². The maximum atomic E-state index is 13.8. The Hall–Kier alpha value is -0.520. The summed E-state index contributed by atoms with van der Waals surface area (Å²) in [5.41, 5.74) is 0.139. The summed E-state index contributed by atoms with van der Waals surface area (Å²) in [6, 6.07) is 2.69. The van der Waals surface area contributed by atoms with Crippen molar-refractivity contribution in [2.45, 2.75) is 25.5 Å². The number of nitrogens with zero attached hydrogens (tertiary/aromatic N) is 1. The molecule has 1 fully saturated rings. The van der Waals surface area contributed by atoms with E-state index in [2.05, 4.69) is 20.8 Å². The minimum atomic E-state index is -0.496. The average molecular weight is 320 g/mol. The van der Waals surface area contributed by atoms with Crippen LogP contribution in [0.25, 0.3) is 0 Å². The lowest BCUT2D eigenvalue weighted by atomic mass is 10.1. The maximum absolute atomic E-state index is 13.8. The first-order chi connectivity index (χ1) is 8.61. The molecule has 1 aromatic rings. The van der Waals surface area contributed by atoms with Gasteiger partial charge in [-0.1, -0.05) is 0 Å². The van der Waals surface area contributed by atoms with E-state index in [1.54, 1.807) is 7.11 Å². The van der Waals surface area contributed by atoms with Gasteiger partial charge in [0.15, 0.2) is 0 Å². The highest BCUT2D eigenvalue weighted by Crippen LogP contribution is 2.24. The molecule has 1 aliphatic rings. The van der Waals surface area contributed by atoms with E-state index in [4.69, 9.17) is 4.74 Å². The first kappa shape index (κ1) is 13.9. The monoisotopic (exact) mass is 319 g/mol. The van der Waals surface area contributed by atoms with Crippen molar-refractivity contribution in [2.75, 3.05) is 20.2 Å². The Kier molecular flexibility index (Phi) is 4.70. The molecule has 0 N–H and O–H groups in total. The first-order valence-electron chi connectivity index (χ1n) is 5.99. The largest absolute Gasteiger partial charge is 0.381 e. The van der Waals surface area contributed by atoms with Crippen LogP contribution < -0.4 is 0 Å². The van der Waals surface area contributed by atoms with Crippen molar-refractivity contribution in [1.82, 2.24) is 4.90 Å². The van der Waals surface area contributed by atoms with Gasteiger partial charge in [-0.15, -0.1) is 0 Å². The zero-order chi connectivity index (χ0) is 13.1. The van der Waals surface area contributed by atoms with Gasteiger partial charge in [-0.3, -0.25) is 4.90 Å². The quantitative estimate of drug-likeness (QED) is 0.792. The smallest absolute Gasteiger partial charge is 0.144 e. The molecule has 1 aromatic carbocycles. The third kappa shape index (κ3) is 3.08. The van der Waals surface area contributed by atoms with E-state index in [1.165, 1.54) is 12.1 Å². The maximum Gasteiger partial charge on any atom is 0.144 e. The summed E-state index contributed by atoms with van der Waals surface area (Å²) >= 11 is 3.09. The van der Waals surface area contributed by atoms with E-state index in [1.807, 2.05) is 0 Å². The van der Waals surface area contributed by atoms with Gasteiger partial charge in [0.05, 0.1) is 10.6 Å². The predicted molar refractivity (Wildman–Crippen MR) is 69.4 cm³/mol. The summed E-state index contributed by atoms with van der Waals surface area (Å²) < 4.78 is 33.0. The third-order valence-electron chi connectivity index (χ3n) is 3.39. The van der Waals surface area contributed by atoms with Crippen LogP contribution in [0, 0.1) is 11.6 Å². The number of hydrogen-bond acceptors (Lipinski definition) is 2. The molecule has 18 heavy (non-hydrogen) atoms. The van der Waals surface area contributed by atoms with Crippen LogP contribution in [0.2, 0.25) is 0 Å². The molecular formula is C13H16BrF2NO. The van der Waals surface area contributed by atoms with Crippen molar-refractivity contribution in [3.05, 3.63) is 33.8 Å².